The van der Waals surface area contributed by atoms with Crippen LogP contribution < -0.4 is 5.32 Å². The van der Waals surface area contributed by atoms with Gasteiger partial charge in [0.25, 0.3) is 0 Å². The number of piperidine rings is 3. The van der Waals surface area contributed by atoms with E-state index in [0.717, 1.165) is 60.8 Å². The first-order valence-electron chi connectivity index (χ1n) is 9.39. The Morgan fingerprint density at radius 3 is 2.58 bits per heavy atom. The van der Waals surface area contributed by atoms with Crippen LogP contribution in [0.5, 0.6) is 0 Å². The number of aryl methyl sites for hydroxylation is 1. The van der Waals surface area contributed by atoms with Crippen LogP contribution in [0.15, 0.2) is 30.3 Å². The van der Waals surface area contributed by atoms with Gasteiger partial charge in [0.2, 0.25) is 0 Å². The number of amides is 1. The molecule has 5 nitrogen and oxygen atoms in total. The summed E-state index contributed by atoms with van der Waals surface area (Å²) in [7, 11) is 0. The van der Waals surface area contributed by atoms with E-state index < -0.39 is 6.09 Å². The summed E-state index contributed by atoms with van der Waals surface area (Å²) in [5.41, 5.74) is 1.25. The first-order valence-corrected chi connectivity index (χ1v) is 10.2. The van der Waals surface area contributed by atoms with Crippen molar-refractivity contribution in [2.24, 2.45) is 5.41 Å². The number of hydrogen-bond acceptors (Lipinski definition) is 5. The molecule has 2 aromatic rings. The second-order valence-electron chi connectivity index (χ2n) is 7.30. The highest BCUT2D eigenvalue weighted by molar-refractivity contribution is 7.15. The molecule has 138 valence electrons. The van der Waals surface area contributed by atoms with E-state index in [1.54, 1.807) is 11.3 Å². The van der Waals surface area contributed by atoms with E-state index in [1.807, 2.05) is 30.3 Å². The fourth-order valence-corrected chi connectivity index (χ4v) is 4.81. The van der Waals surface area contributed by atoms with Crippen molar-refractivity contribution in [1.29, 1.82) is 0 Å². The van der Waals surface area contributed by atoms with Crippen molar-refractivity contribution in [3.8, 4) is 10.4 Å². The third kappa shape index (κ3) is 3.62. The molecule has 4 heterocycles. The molecular weight excluding hydrogens is 346 g/mol. The molecule has 3 fully saturated rings. The van der Waals surface area contributed by atoms with Gasteiger partial charge in [0.1, 0.15) is 0 Å². The molecule has 3 aliphatic heterocycles. The molecule has 1 N–H and O–H groups in total. The van der Waals surface area contributed by atoms with Crippen molar-refractivity contribution in [2.45, 2.75) is 32.6 Å². The van der Waals surface area contributed by atoms with Crippen molar-refractivity contribution in [3.05, 3.63) is 35.3 Å². The number of benzene rings is 1. The normalized spacial score (nSPS) is 24.4. The molecule has 1 amide bonds. The van der Waals surface area contributed by atoms with Crippen molar-refractivity contribution in [2.75, 3.05) is 31.6 Å². The van der Waals surface area contributed by atoms with E-state index in [0.29, 0.717) is 12.4 Å². The van der Waals surface area contributed by atoms with Crippen LogP contribution in [0.4, 0.5) is 10.6 Å². The van der Waals surface area contributed by atoms with E-state index in [1.165, 1.54) is 0 Å². The molecule has 3 aliphatic rings. The lowest BCUT2D eigenvalue weighted by Gasteiger charge is -2.47. The molecule has 0 saturated carbocycles. The summed E-state index contributed by atoms with van der Waals surface area (Å²) in [6.07, 6.45) is 3.85. The molecule has 3 saturated heterocycles. The minimum Gasteiger partial charge on any atom is -0.449 e. The largest absolute Gasteiger partial charge is 0.449 e. The SMILES string of the molecule is CCc1nc(NC(=O)OCC23CCN(CC2)CC3)c(-c2ccccc2)s1. The topological polar surface area (TPSA) is 54.5 Å². The minimum absolute atomic E-state index is 0.186. The van der Waals surface area contributed by atoms with Gasteiger partial charge in [-0.3, -0.25) is 5.32 Å². The number of nitrogens with one attached hydrogen (secondary N) is 1. The van der Waals surface area contributed by atoms with Crippen molar-refractivity contribution >= 4 is 23.2 Å². The first-order chi connectivity index (χ1) is 12.7. The average Bonchev–Trinajstić information content (AvgIpc) is 3.11. The lowest BCUT2D eigenvalue weighted by Crippen LogP contribution is -2.50. The fourth-order valence-electron chi connectivity index (χ4n) is 3.85. The average molecular weight is 372 g/mol. The Labute approximate surface area is 158 Å². The smallest absolute Gasteiger partial charge is 0.412 e. The molecule has 2 bridgehead atoms. The highest BCUT2D eigenvalue weighted by Gasteiger charge is 2.40. The van der Waals surface area contributed by atoms with Gasteiger partial charge in [-0.25, -0.2) is 9.78 Å². The number of thiazole rings is 1. The predicted molar refractivity (Wildman–Crippen MR) is 105 cm³/mol. The maximum Gasteiger partial charge on any atom is 0.412 e. The van der Waals surface area contributed by atoms with E-state index in [4.69, 9.17) is 4.74 Å². The molecule has 1 aromatic heterocycles. The molecule has 0 radical (unpaired) electrons. The standard InChI is InChI=1S/C20H25N3O2S/c1-2-16-21-18(17(26-16)15-6-4-3-5-7-15)22-19(24)25-14-20-8-11-23(12-9-20)13-10-20/h3-7H,2,8-14H2,1H3,(H,22,24). The van der Waals surface area contributed by atoms with E-state index in [9.17, 15) is 4.79 Å². The van der Waals surface area contributed by atoms with Gasteiger partial charge in [0.15, 0.2) is 5.82 Å². The maximum atomic E-state index is 12.4. The molecular formula is C20H25N3O2S. The van der Waals surface area contributed by atoms with Crippen molar-refractivity contribution < 1.29 is 9.53 Å². The molecule has 0 atom stereocenters. The van der Waals surface area contributed by atoms with Crippen LogP contribution in [-0.2, 0) is 11.2 Å². The van der Waals surface area contributed by atoms with E-state index >= 15 is 0 Å². The highest BCUT2D eigenvalue weighted by Crippen LogP contribution is 2.40. The Kier molecular flexibility index (Phi) is 4.96. The number of carbonyl (C=O) groups is 1. The number of ether oxygens (including phenoxy) is 1. The van der Waals surface area contributed by atoms with E-state index in [-0.39, 0.29) is 5.41 Å². The summed E-state index contributed by atoms with van der Waals surface area (Å²) in [6.45, 7) is 5.99. The van der Waals surface area contributed by atoms with Crippen molar-refractivity contribution in [1.82, 2.24) is 9.88 Å². The zero-order valence-corrected chi connectivity index (χ0v) is 16.0. The molecule has 1 aromatic carbocycles. The van der Waals surface area contributed by atoms with Crippen molar-refractivity contribution in [3.63, 3.8) is 0 Å². The summed E-state index contributed by atoms with van der Waals surface area (Å²) < 4.78 is 5.63. The van der Waals surface area contributed by atoms with Gasteiger partial charge >= 0.3 is 6.09 Å². The van der Waals surface area contributed by atoms with Gasteiger partial charge < -0.3 is 9.64 Å². The molecule has 0 spiro atoms. The zero-order chi connectivity index (χ0) is 18.0. The number of nitrogens with zero attached hydrogens (tertiary/aromatic N) is 2. The van der Waals surface area contributed by atoms with Gasteiger partial charge in [0.05, 0.1) is 16.5 Å². The summed E-state index contributed by atoms with van der Waals surface area (Å²) in [4.78, 5) is 20.5. The highest BCUT2D eigenvalue weighted by atomic mass is 32.1. The van der Waals surface area contributed by atoms with Crippen LogP contribution >= 0.6 is 11.3 Å². The third-order valence-corrected chi connectivity index (χ3v) is 6.86. The Bertz CT molecular complexity index is 753. The number of hydrogen-bond donors (Lipinski definition) is 1. The maximum absolute atomic E-state index is 12.4. The summed E-state index contributed by atoms with van der Waals surface area (Å²) in [5, 5.41) is 3.90. The van der Waals surface area contributed by atoms with Gasteiger partial charge in [-0.2, -0.15) is 0 Å². The third-order valence-electron chi connectivity index (χ3n) is 5.61. The first kappa shape index (κ1) is 17.5. The zero-order valence-electron chi connectivity index (χ0n) is 15.2. The molecule has 0 unspecified atom stereocenters. The molecule has 0 aliphatic carbocycles. The molecule has 5 rings (SSSR count). The number of rotatable bonds is 5. The van der Waals surface area contributed by atoms with Crippen LogP contribution in [0.3, 0.4) is 0 Å². The van der Waals surface area contributed by atoms with Crippen LogP contribution in [0.25, 0.3) is 10.4 Å². The van der Waals surface area contributed by atoms with Crippen LogP contribution in [-0.4, -0.2) is 42.2 Å². The number of anilines is 1. The van der Waals surface area contributed by atoms with E-state index in [2.05, 4.69) is 22.1 Å². The monoisotopic (exact) mass is 371 g/mol. The summed E-state index contributed by atoms with van der Waals surface area (Å²) in [6, 6.07) is 10.1. The van der Waals surface area contributed by atoms with Gasteiger partial charge in [-0.15, -0.1) is 11.3 Å². The second kappa shape index (κ2) is 7.37. The second-order valence-corrected chi connectivity index (χ2v) is 8.38. The Hall–Kier alpha value is -1.92. The van der Waals surface area contributed by atoms with Crippen LogP contribution in [0, 0.1) is 5.41 Å². The predicted octanol–water partition coefficient (Wildman–Crippen LogP) is 4.41. The van der Waals surface area contributed by atoms with Gasteiger partial charge in [-0.1, -0.05) is 37.3 Å². The Morgan fingerprint density at radius 1 is 1.23 bits per heavy atom. The Morgan fingerprint density at radius 2 is 1.92 bits per heavy atom. The summed E-state index contributed by atoms with van der Waals surface area (Å²) >= 11 is 1.62. The van der Waals surface area contributed by atoms with Crippen LogP contribution in [0.1, 0.15) is 31.2 Å². The minimum atomic E-state index is -0.391. The lowest BCUT2D eigenvalue weighted by molar-refractivity contribution is -0.0190. The number of aromatic nitrogens is 1. The number of carbonyl (C=O) groups excluding carboxylic acids is 1. The summed E-state index contributed by atoms with van der Waals surface area (Å²) in [5.74, 6) is 0.610. The lowest BCUT2D eigenvalue weighted by atomic mass is 9.73. The van der Waals surface area contributed by atoms with Gasteiger partial charge in [0, 0.05) is 5.41 Å². The number of fused-ring (bicyclic) bond motifs is 3. The fraction of sp³-hybridized carbons (Fsp3) is 0.500. The Balaban J connectivity index is 1.43. The quantitative estimate of drug-likeness (QED) is 0.846. The molecule has 6 heteroatoms. The van der Waals surface area contributed by atoms with Gasteiger partial charge in [-0.05, 0) is 50.9 Å². The molecule has 26 heavy (non-hydrogen) atoms. The van der Waals surface area contributed by atoms with Crippen LogP contribution in [0.2, 0.25) is 0 Å².